The molecule has 124 valence electrons. The van der Waals surface area contributed by atoms with Gasteiger partial charge in [-0.2, -0.15) is 0 Å². The standard InChI is InChI=1S/C18H17ClN2O2S/c1-24-14-8-6-13(7-9-14)21-11-12(10-17(21)22)18(23)20-16-5-3-2-4-15(16)19/h2-9,12H,10-11H2,1H3,(H,20,23). The highest BCUT2D eigenvalue weighted by Crippen LogP contribution is 2.28. The number of hydrogen-bond donors (Lipinski definition) is 1. The number of amides is 2. The average Bonchev–Trinajstić information content (AvgIpc) is 2.99. The van der Waals surface area contributed by atoms with Gasteiger partial charge in [-0.25, -0.2) is 0 Å². The zero-order valence-corrected chi connectivity index (χ0v) is 14.7. The number of nitrogens with zero attached hydrogens (tertiary/aromatic N) is 1. The van der Waals surface area contributed by atoms with E-state index in [0.29, 0.717) is 17.3 Å². The fourth-order valence-corrected chi connectivity index (χ4v) is 3.28. The third-order valence-corrected chi connectivity index (χ3v) is 5.08. The summed E-state index contributed by atoms with van der Waals surface area (Å²) in [4.78, 5) is 27.5. The maximum Gasteiger partial charge on any atom is 0.229 e. The summed E-state index contributed by atoms with van der Waals surface area (Å²) in [5.74, 6) is -0.597. The molecule has 0 spiro atoms. The Balaban J connectivity index is 1.69. The van der Waals surface area contributed by atoms with Crippen LogP contribution in [0.1, 0.15) is 6.42 Å². The van der Waals surface area contributed by atoms with Crippen LogP contribution >= 0.6 is 23.4 Å². The van der Waals surface area contributed by atoms with Gasteiger partial charge in [0.2, 0.25) is 11.8 Å². The Morgan fingerprint density at radius 3 is 2.58 bits per heavy atom. The first-order chi connectivity index (χ1) is 11.6. The number of carbonyl (C=O) groups is 2. The zero-order valence-electron chi connectivity index (χ0n) is 13.2. The summed E-state index contributed by atoms with van der Waals surface area (Å²) < 4.78 is 0. The van der Waals surface area contributed by atoms with Crippen LogP contribution in [-0.2, 0) is 9.59 Å². The molecule has 1 heterocycles. The van der Waals surface area contributed by atoms with E-state index in [1.807, 2.05) is 30.5 Å². The van der Waals surface area contributed by atoms with E-state index in [-0.39, 0.29) is 24.2 Å². The highest BCUT2D eigenvalue weighted by Gasteiger charge is 2.35. The Labute approximate surface area is 150 Å². The van der Waals surface area contributed by atoms with Crippen molar-refractivity contribution in [2.75, 3.05) is 23.0 Å². The molecule has 6 heteroatoms. The quantitative estimate of drug-likeness (QED) is 0.837. The molecular formula is C18H17ClN2O2S. The van der Waals surface area contributed by atoms with E-state index in [2.05, 4.69) is 5.32 Å². The van der Waals surface area contributed by atoms with Crippen molar-refractivity contribution in [3.05, 3.63) is 53.6 Å². The predicted octanol–water partition coefficient (Wildman–Crippen LogP) is 4.05. The van der Waals surface area contributed by atoms with Crippen LogP contribution in [0, 0.1) is 5.92 Å². The number of rotatable bonds is 4. The van der Waals surface area contributed by atoms with Crippen molar-refractivity contribution in [1.82, 2.24) is 0 Å². The van der Waals surface area contributed by atoms with Crippen LogP contribution in [0.25, 0.3) is 0 Å². The third kappa shape index (κ3) is 3.57. The summed E-state index contributed by atoms with van der Waals surface area (Å²) in [6.45, 7) is 0.383. The molecule has 24 heavy (non-hydrogen) atoms. The van der Waals surface area contributed by atoms with Crippen molar-refractivity contribution < 1.29 is 9.59 Å². The molecule has 0 saturated carbocycles. The van der Waals surface area contributed by atoms with Crippen molar-refractivity contribution in [3.8, 4) is 0 Å². The summed E-state index contributed by atoms with van der Waals surface area (Å²) in [5.41, 5.74) is 1.39. The van der Waals surface area contributed by atoms with Crippen molar-refractivity contribution in [1.29, 1.82) is 0 Å². The highest BCUT2D eigenvalue weighted by atomic mass is 35.5. The van der Waals surface area contributed by atoms with Gasteiger partial charge in [0.1, 0.15) is 0 Å². The minimum Gasteiger partial charge on any atom is -0.324 e. The lowest BCUT2D eigenvalue weighted by atomic mass is 10.1. The van der Waals surface area contributed by atoms with Gasteiger partial charge in [0, 0.05) is 23.5 Å². The average molecular weight is 361 g/mol. The number of benzene rings is 2. The lowest BCUT2D eigenvalue weighted by Crippen LogP contribution is -2.28. The van der Waals surface area contributed by atoms with E-state index >= 15 is 0 Å². The molecule has 0 radical (unpaired) electrons. The molecule has 0 bridgehead atoms. The predicted molar refractivity (Wildman–Crippen MR) is 98.8 cm³/mol. The van der Waals surface area contributed by atoms with Crippen LogP contribution in [-0.4, -0.2) is 24.6 Å². The van der Waals surface area contributed by atoms with Gasteiger partial charge in [-0.15, -0.1) is 11.8 Å². The van der Waals surface area contributed by atoms with Gasteiger partial charge in [0.25, 0.3) is 0 Å². The second-order valence-electron chi connectivity index (χ2n) is 5.57. The van der Waals surface area contributed by atoms with Gasteiger partial charge in [0.05, 0.1) is 16.6 Å². The second kappa shape index (κ2) is 7.28. The lowest BCUT2D eigenvalue weighted by Gasteiger charge is -2.17. The molecule has 2 amide bonds. The van der Waals surface area contributed by atoms with Crippen LogP contribution in [0.2, 0.25) is 5.02 Å². The van der Waals surface area contributed by atoms with Crippen molar-refractivity contribution in [2.45, 2.75) is 11.3 Å². The number of carbonyl (C=O) groups excluding carboxylic acids is 2. The molecule has 3 rings (SSSR count). The van der Waals surface area contributed by atoms with Crippen LogP contribution in [0.3, 0.4) is 0 Å². The first-order valence-corrected chi connectivity index (χ1v) is 9.18. The molecule has 1 N–H and O–H groups in total. The number of nitrogens with one attached hydrogen (secondary N) is 1. The maximum absolute atomic E-state index is 12.4. The molecule has 1 aliphatic heterocycles. The first-order valence-electron chi connectivity index (χ1n) is 7.58. The molecule has 1 saturated heterocycles. The van der Waals surface area contributed by atoms with Crippen LogP contribution in [0.4, 0.5) is 11.4 Å². The van der Waals surface area contributed by atoms with Crippen LogP contribution in [0.5, 0.6) is 0 Å². The minimum absolute atomic E-state index is 0.0359. The van der Waals surface area contributed by atoms with E-state index < -0.39 is 0 Å². The van der Waals surface area contributed by atoms with Gasteiger partial charge in [0.15, 0.2) is 0 Å². The smallest absolute Gasteiger partial charge is 0.229 e. The molecule has 2 aromatic carbocycles. The number of thioether (sulfide) groups is 1. The Bertz CT molecular complexity index is 764. The fraction of sp³-hybridized carbons (Fsp3) is 0.222. The van der Waals surface area contributed by atoms with Crippen molar-refractivity contribution >= 4 is 46.6 Å². The first kappa shape index (κ1) is 16.9. The van der Waals surface area contributed by atoms with Gasteiger partial charge in [-0.05, 0) is 42.7 Å². The Morgan fingerprint density at radius 2 is 1.92 bits per heavy atom. The highest BCUT2D eigenvalue weighted by molar-refractivity contribution is 7.98. The van der Waals surface area contributed by atoms with Crippen LogP contribution in [0.15, 0.2) is 53.4 Å². The van der Waals surface area contributed by atoms with Gasteiger partial charge in [-0.3, -0.25) is 9.59 Å². The Morgan fingerprint density at radius 1 is 1.21 bits per heavy atom. The van der Waals surface area contributed by atoms with E-state index in [1.165, 1.54) is 0 Å². The fourth-order valence-electron chi connectivity index (χ4n) is 2.69. The van der Waals surface area contributed by atoms with Crippen molar-refractivity contribution in [3.63, 3.8) is 0 Å². The molecule has 0 aromatic heterocycles. The molecule has 1 aliphatic rings. The molecule has 0 aliphatic carbocycles. The number of anilines is 2. The summed E-state index contributed by atoms with van der Waals surface area (Å²) in [6, 6.07) is 14.9. The van der Waals surface area contributed by atoms with Gasteiger partial charge < -0.3 is 10.2 Å². The normalized spacial score (nSPS) is 17.2. The van der Waals surface area contributed by atoms with E-state index in [0.717, 1.165) is 10.6 Å². The third-order valence-electron chi connectivity index (χ3n) is 4.01. The summed E-state index contributed by atoms with van der Waals surface area (Å²) in [6.07, 6.45) is 2.21. The summed E-state index contributed by atoms with van der Waals surface area (Å²) in [5, 5.41) is 3.30. The summed E-state index contributed by atoms with van der Waals surface area (Å²) in [7, 11) is 0. The Hall–Kier alpha value is -1.98. The summed E-state index contributed by atoms with van der Waals surface area (Å²) >= 11 is 7.71. The molecule has 1 fully saturated rings. The van der Waals surface area contributed by atoms with E-state index in [4.69, 9.17) is 11.6 Å². The van der Waals surface area contributed by atoms with Crippen molar-refractivity contribution in [2.24, 2.45) is 5.92 Å². The largest absolute Gasteiger partial charge is 0.324 e. The minimum atomic E-state index is -0.381. The number of para-hydroxylation sites is 1. The SMILES string of the molecule is CSc1ccc(N2CC(C(=O)Nc3ccccc3Cl)CC2=O)cc1. The molecule has 1 atom stereocenters. The lowest BCUT2D eigenvalue weighted by molar-refractivity contribution is -0.122. The zero-order chi connectivity index (χ0) is 17.1. The molecule has 1 unspecified atom stereocenters. The maximum atomic E-state index is 12.4. The Kier molecular flexibility index (Phi) is 5.11. The van der Waals surface area contributed by atoms with E-state index in [1.54, 1.807) is 40.9 Å². The topological polar surface area (TPSA) is 49.4 Å². The number of hydrogen-bond acceptors (Lipinski definition) is 3. The molecule has 4 nitrogen and oxygen atoms in total. The van der Waals surface area contributed by atoms with E-state index in [9.17, 15) is 9.59 Å². The van der Waals surface area contributed by atoms with Gasteiger partial charge in [-0.1, -0.05) is 23.7 Å². The van der Waals surface area contributed by atoms with Crippen LogP contribution < -0.4 is 10.2 Å². The molecular weight excluding hydrogens is 344 g/mol. The van der Waals surface area contributed by atoms with Gasteiger partial charge >= 0.3 is 0 Å². The number of halogens is 1. The monoisotopic (exact) mass is 360 g/mol. The molecule has 2 aromatic rings. The second-order valence-corrected chi connectivity index (χ2v) is 6.86.